The minimum atomic E-state index is -4.23. The molecular formula is C7H12N2O4S. The van der Waals surface area contributed by atoms with E-state index in [4.69, 9.17) is 20.8 Å². The maximum Gasteiger partial charge on any atom is 0.294 e. The molecule has 0 saturated carbocycles. The Morgan fingerprint density at radius 1 is 1.64 bits per heavy atom. The second-order valence-corrected chi connectivity index (χ2v) is 4.38. The lowest BCUT2D eigenvalue weighted by Gasteiger charge is -2.31. The molecule has 0 amide bonds. The first kappa shape index (κ1) is 11.3. The van der Waals surface area contributed by atoms with Crippen molar-refractivity contribution in [2.45, 2.75) is 11.8 Å². The fourth-order valence-corrected chi connectivity index (χ4v) is 1.62. The zero-order valence-corrected chi connectivity index (χ0v) is 8.36. The highest BCUT2D eigenvalue weighted by atomic mass is 32.2. The van der Waals surface area contributed by atoms with Gasteiger partial charge in [-0.25, -0.2) is 0 Å². The summed E-state index contributed by atoms with van der Waals surface area (Å²) in [5.74, 6) is 0. The summed E-state index contributed by atoms with van der Waals surface area (Å²) in [5, 5.41) is 0. The van der Waals surface area contributed by atoms with Gasteiger partial charge < -0.3 is 10.5 Å². The van der Waals surface area contributed by atoms with E-state index in [9.17, 15) is 8.42 Å². The molecule has 0 aromatic heterocycles. The molecule has 0 aromatic rings. The van der Waals surface area contributed by atoms with Crippen LogP contribution in [0.3, 0.4) is 0 Å². The molecule has 0 fully saturated rings. The summed E-state index contributed by atoms with van der Waals surface area (Å²) in [6.07, 6.45) is 3.59. The quantitative estimate of drug-likeness (QED) is 0.404. The SMILES string of the molecule is COC1(N)C=CC(S(=O)(=O)O)=CC1N. The lowest BCUT2D eigenvalue weighted by Crippen LogP contribution is -2.55. The smallest absolute Gasteiger partial charge is 0.294 e. The Morgan fingerprint density at radius 2 is 2.21 bits per heavy atom. The minimum Gasteiger partial charge on any atom is -0.358 e. The van der Waals surface area contributed by atoms with Gasteiger partial charge in [0.15, 0.2) is 5.72 Å². The molecule has 1 rings (SSSR count). The Hall–Kier alpha value is -0.730. The monoisotopic (exact) mass is 220 g/mol. The van der Waals surface area contributed by atoms with Crippen LogP contribution in [0.2, 0.25) is 0 Å². The molecule has 80 valence electrons. The van der Waals surface area contributed by atoms with Gasteiger partial charge in [0.25, 0.3) is 10.1 Å². The number of hydrogen-bond donors (Lipinski definition) is 3. The maximum atomic E-state index is 10.7. The van der Waals surface area contributed by atoms with Crippen molar-refractivity contribution in [3.8, 4) is 0 Å². The van der Waals surface area contributed by atoms with E-state index >= 15 is 0 Å². The molecule has 0 aliphatic heterocycles. The molecule has 0 radical (unpaired) electrons. The van der Waals surface area contributed by atoms with E-state index in [0.29, 0.717) is 0 Å². The molecule has 14 heavy (non-hydrogen) atoms. The average molecular weight is 220 g/mol. The van der Waals surface area contributed by atoms with Crippen LogP contribution in [0, 0.1) is 0 Å². The first-order valence-electron chi connectivity index (χ1n) is 3.78. The normalized spacial score (nSPS) is 32.9. The van der Waals surface area contributed by atoms with E-state index in [1.54, 1.807) is 0 Å². The number of nitrogens with two attached hydrogens (primary N) is 2. The fourth-order valence-electron chi connectivity index (χ4n) is 1.06. The standard InChI is InChI=1S/C7H12N2O4S/c1-13-7(9)3-2-5(4-6(7)8)14(10,11)12/h2-4,6H,8-9H2,1H3,(H,10,11,12). The van der Waals surface area contributed by atoms with Crippen molar-refractivity contribution < 1.29 is 17.7 Å². The third-order valence-corrected chi connectivity index (χ3v) is 2.89. The third-order valence-electron chi connectivity index (χ3n) is 2.02. The maximum absolute atomic E-state index is 10.7. The van der Waals surface area contributed by atoms with Gasteiger partial charge in [0.2, 0.25) is 0 Å². The molecule has 6 nitrogen and oxygen atoms in total. The van der Waals surface area contributed by atoms with Crippen LogP contribution in [0.5, 0.6) is 0 Å². The Kier molecular flexibility index (Phi) is 2.79. The number of methoxy groups -OCH3 is 1. The van der Waals surface area contributed by atoms with Gasteiger partial charge in [0.05, 0.1) is 10.9 Å². The van der Waals surface area contributed by atoms with Crippen molar-refractivity contribution in [2.24, 2.45) is 11.5 Å². The molecule has 2 unspecified atom stereocenters. The predicted octanol–water partition coefficient (Wildman–Crippen LogP) is -1.04. The summed E-state index contributed by atoms with van der Waals surface area (Å²) >= 11 is 0. The van der Waals surface area contributed by atoms with Gasteiger partial charge in [-0.3, -0.25) is 10.3 Å². The van der Waals surface area contributed by atoms with Gasteiger partial charge in [0.1, 0.15) is 0 Å². The Labute approximate surface area is 82.0 Å². The summed E-state index contributed by atoms with van der Waals surface area (Å²) in [6, 6.07) is -0.825. The van der Waals surface area contributed by atoms with Gasteiger partial charge in [-0.1, -0.05) is 0 Å². The Morgan fingerprint density at radius 3 is 2.57 bits per heavy atom. The van der Waals surface area contributed by atoms with Crippen molar-refractivity contribution in [3.63, 3.8) is 0 Å². The summed E-state index contributed by atoms with van der Waals surface area (Å²) in [4.78, 5) is -0.275. The molecule has 0 heterocycles. The largest absolute Gasteiger partial charge is 0.358 e. The molecule has 0 spiro atoms. The average Bonchev–Trinajstić information content (AvgIpc) is 2.08. The molecule has 0 saturated heterocycles. The molecule has 0 aromatic carbocycles. The number of hydrogen-bond acceptors (Lipinski definition) is 5. The van der Waals surface area contributed by atoms with E-state index in [2.05, 4.69) is 0 Å². The van der Waals surface area contributed by atoms with Crippen LogP contribution in [-0.4, -0.2) is 31.8 Å². The molecule has 1 aliphatic rings. The number of ether oxygens (including phenoxy) is 1. The van der Waals surface area contributed by atoms with Crippen LogP contribution < -0.4 is 11.5 Å². The van der Waals surface area contributed by atoms with Gasteiger partial charge in [-0.15, -0.1) is 0 Å². The molecule has 0 bridgehead atoms. The van der Waals surface area contributed by atoms with Crippen LogP contribution in [0.1, 0.15) is 0 Å². The third kappa shape index (κ3) is 2.02. The van der Waals surface area contributed by atoms with Crippen LogP contribution in [-0.2, 0) is 14.9 Å². The number of rotatable bonds is 2. The Balaban J connectivity index is 3.05. The first-order valence-corrected chi connectivity index (χ1v) is 5.22. The minimum absolute atomic E-state index is 0.275. The molecule has 7 heteroatoms. The highest BCUT2D eigenvalue weighted by Crippen LogP contribution is 2.20. The second kappa shape index (κ2) is 3.44. The van der Waals surface area contributed by atoms with Crippen LogP contribution in [0.15, 0.2) is 23.1 Å². The fraction of sp³-hybridized carbons (Fsp3) is 0.429. The number of allylic oxidation sites excluding steroid dienone is 1. The van der Waals surface area contributed by atoms with Crippen molar-refractivity contribution in [1.29, 1.82) is 0 Å². The summed E-state index contributed by atoms with van der Waals surface area (Å²) in [6.45, 7) is 0. The van der Waals surface area contributed by atoms with Gasteiger partial charge in [-0.05, 0) is 18.2 Å². The first-order chi connectivity index (χ1) is 6.29. The lowest BCUT2D eigenvalue weighted by molar-refractivity contribution is 0.0263. The summed E-state index contributed by atoms with van der Waals surface area (Å²) < 4.78 is 35.1. The zero-order chi connectivity index (χ0) is 11.0. The van der Waals surface area contributed by atoms with Crippen molar-refractivity contribution in [3.05, 3.63) is 23.1 Å². The lowest BCUT2D eigenvalue weighted by atomic mass is 10.0. The topological polar surface area (TPSA) is 116 Å². The van der Waals surface area contributed by atoms with Crippen LogP contribution in [0.25, 0.3) is 0 Å². The van der Waals surface area contributed by atoms with Crippen molar-refractivity contribution >= 4 is 10.1 Å². The molecule has 2 atom stereocenters. The van der Waals surface area contributed by atoms with Crippen molar-refractivity contribution in [2.75, 3.05) is 7.11 Å². The van der Waals surface area contributed by atoms with E-state index in [-0.39, 0.29) is 4.91 Å². The van der Waals surface area contributed by atoms with Gasteiger partial charge >= 0.3 is 0 Å². The molecular weight excluding hydrogens is 208 g/mol. The molecule has 1 aliphatic carbocycles. The van der Waals surface area contributed by atoms with Crippen LogP contribution >= 0.6 is 0 Å². The summed E-state index contributed by atoms with van der Waals surface area (Å²) in [5.41, 5.74) is 9.98. The van der Waals surface area contributed by atoms with Gasteiger partial charge in [0, 0.05) is 7.11 Å². The van der Waals surface area contributed by atoms with E-state index in [0.717, 1.165) is 12.2 Å². The second-order valence-electron chi connectivity index (χ2n) is 2.96. The summed E-state index contributed by atoms with van der Waals surface area (Å²) in [7, 11) is -2.88. The van der Waals surface area contributed by atoms with E-state index in [1.165, 1.54) is 13.2 Å². The zero-order valence-electron chi connectivity index (χ0n) is 7.54. The van der Waals surface area contributed by atoms with E-state index < -0.39 is 21.9 Å². The molecule has 5 N–H and O–H groups in total. The highest BCUT2D eigenvalue weighted by Gasteiger charge is 2.33. The predicted molar refractivity (Wildman–Crippen MR) is 50.7 cm³/mol. The van der Waals surface area contributed by atoms with Gasteiger partial charge in [-0.2, -0.15) is 8.42 Å². The van der Waals surface area contributed by atoms with E-state index in [1.807, 2.05) is 0 Å². The van der Waals surface area contributed by atoms with Crippen LogP contribution in [0.4, 0.5) is 0 Å². The van der Waals surface area contributed by atoms with Crippen molar-refractivity contribution in [1.82, 2.24) is 0 Å². The Bertz CT molecular complexity index is 386. The highest BCUT2D eigenvalue weighted by molar-refractivity contribution is 7.90.